The van der Waals surface area contributed by atoms with Crippen LogP contribution in [0, 0.1) is 11.8 Å². The second-order valence-electron chi connectivity index (χ2n) is 19.7. The lowest BCUT2D eigenvalue weighted by molar-refractivity contribution is -0.300. The summed E-state index contributed by atoms with van der Waals surface area (Å²) >= 11 is 0. The monoisotopic (exact) mass is 729 g/mol. The first-order valence-corrected chi connectivity index (χ1v) is 21.6. The van der Waals surface area contributed by atoms with Gasteiger partial charge >= 0.3 is 0 Å². The summed E-state index contributed by atoms with van der Waals surface area (Å²) in [6, 6.07) is 9.08. The average Bonchev–Trinajstić information content (AvgIpc) is 3.05. The number of hydrogen-bond acceptors (Lipinski definition) is 6. The Morgan fingerprint density at radius 3 is 1.81 bits per heavy atom. The summed E-state index contributed by atoms with van der Waals surface area (Å²) in [4.78, 5) is 13.4. The van der Waals surface area contributed by atoms with Crippen LogP contribution in [0.1, 0.15) is 192 Å². The second kappa shape index (κ2) is 20.1. The maximum atomic E-state index is 6.74. The van der Waals surface area contributed by atoms with Crippen molar-refractivity contribution >= 4 is 0 Å². The van der Waals surface area contributed by atoms with Gasteiger partial charge in [0.25, 0.3) is 0 Å². The Kier molecular flexibility index (Phi) is 17.5. The molecule has 1 aromatic rings. The van der Waals surface area contributed by atoms with Crippen molar-refractivity contribution in [3.8, 4) is 5.75 Å². The minimum Gasteiger partial charge on any atom is -0.405 e. The topological polar surface area (TPSA) is 43.4 Å². The molecule has 5 atom stereocenters. The Hall–Kier alpha value is -1.18. The molecule has 0 saturated carbocycles. The number of rotatable bonds is 21. The zero-order valence-electron chi connectivity index (χ0n) is 36.6. The summed E-state index contributed by atoms with van der Waals surface area (Å²) < 4.78 is 13.2. The standard InChI is InChI=1S/C46H84N2O4/c1-15-17-24-38(16-2)51-47-42(35(3)4)31-40(32-44(47,10)11)49-29-22-20-18-19-21-23-30-50-41-33-45(12,13)48(46(14,34-41)36(5)6)52-39-27-25-37(26-28-39)43(7,8)9/h25-28,35-36,38,40-42H,15-24,29-34H2,1-14H3. The van der Waals surface area contributed by atoms with E-state index in [4.69, 9.17) is 19.1 Å². The van der Waals surface area contributed by atoms with Crippen LogP contribution in [0.25, 0.3) is 0 Å². The van der Waals surface area contributed by atoms with Gasteiger partial charge in [0.2, 0.25) is 0 Å². The molecule has 0 spiro atoms. The highest BCUT2D eigenvalue weighted by molar-refractivity contribution is 5.31. The van der Waals surface area contributed by atoms with Crippen molar-refractivity contribution in [1.82, 2.24) is 10.1 Å². The molecule has 2 aliphatic heterocycles. The van der Waals surface area contributed by atoms with Crippen LogP contribution in [0.4, 0.5) is 0 Å². The zero-order chi connectivity index (χ0) is 38.7. The van der Waals surface area contributed by atoms with Crippen molar-refractivity contribution in [3.63, 3.8) is 0 Å². The molecule has 6 nitrogen and oxygen atoms in total. The van der Waals surface area contributed by atoms with Gasteiger partial charge in [-0.3, -0.25) is 4.84 Å². The molecule has 5 unspecified atom stereocenters. The molecule has 52 heavy (non-hydrogen) atoms. The van der Waals surface area contributed by atoms with Gasteiger partial charge in [0.1, 0.15) is 5.75 Å². The first-order valence-electron chi connectivity index (χ1n) is 21.6. The Morgan fingerprint density at radius 2 is 1.29 bits per heavy atom. The summed E-state index contributed by atoms with van der Waals surface area (Å²) in [5.74, 6) is 1.87. The highest BCUT2D eigenvalue weighted by atomic mass is 16.7. The molecule has 6 heteroatoms. The molecule has 302 valence electrons. The number of ether oxygens (including phenoxy) is 2. The third-order valence-electron chi connectivity index (χ3n) is 12.3. The molecule has 0 amide bonds. The van der Waals surface area contributed by atoms with Crippen molar-refractivity contribution in [2.24, 2.45) is 11.8 Å². The van der Waals surface area contributed by atoms with Crippen LogP contribution in [0.5, 0.6) is 5.75 Å². The second-order valence-corrected chi connectivity index (χ2v) is 19.7. The van der Waals surface area contributed by atoms with Gasteiger partial charge in [-0.15, -0.1) is 5.06 Å². The van der Waals surface area contributed by atoms with Gasteiger partial charge in [0.15, 0.2) is 0 Å². The number of unbranched alkanes of at least 4 members (excludes halogenated alkanes) is 6. The van der Waals surface area contributed by atoms with Crippen LogP contribution in [-0.2, 0) is 19.7 Å². The minimum absolute atomic E-state index is 0.0214. The molecule has 0 aromatic heterocycles. The molecule has 2 aliphatic rings. The molecule has 0 radical (unpaired) electrons. The van der Waals surface area contributed by atoms with Gasteiger partial charge in [-0.25, -0.2) is 0 Å². The molecule has 2 fully saturated rings. The van der Waals surface area contributed by atoms with Crippen molar-refractivity contribution in [2.45, 2.75) is 233 Å². The average molecular weight is 729 g/mol. The molecule has 0 aliphatic carbocycles. The summed E-state index contributed by atoms with van der Waals surface area (Å²) in [7, 11) is 0. The number of hydrogen-bond donors (Lipinski definition) is 0. The number of nitrogens with zero attached hydrogens (tertiary/aromatic N) is 2. The predicted octanol–water partition coefficient (Wildman–Crippen LogP) is 12.5. The van der Waals surface area contributed by atoms with E-state index in [1.807, 2.05) is 0 Å². The Balaban J connectivity index is 1.36. The van der Waals surface area contributed by atoms with Gasteiger partial charge in [0, 0.05) is 24.8 Å². The summed E-state index contributed by atoms with van der Waals surface area (Å²) in [6.07, 6.45) is 16.9. The van der Waals surface area contributed by atoms with Crippen molar-refractivity contribution in [3.05, 3.63) is 29.8 Å². The van der Waals surface area contributed by atoms with Gasteiger partial charge in [-0.2, -0.15) is 5.06 Å². The normalized spacial score (nSPS) is 26.3. The molecule has 0 N–H and O–H groups in total. The maximum absolute atomic E-state index is 6.74. The fourth-order valence-corrected chi connectivity index (χ4v) is 8.65. The molecular formula is C46H84N2O4. The quantitative estimate of drug-likeness (QED) is 0.117. The first kappa shape index (κ1) is 45.2. The minimum atomic E-state index is -0.144. The lowest BCUT2D eigenvalue weighted by Crippen LogP contribution is -2.66. The smallest absolute Gasteiger partial charge is 0.147 e. The van der Waals surface area contributed by atoms with E-state index in [0.717, 1.165) is 70.3 Å². The number of benzene rings is 1. The van der Waals surface area contributed by atoms with Crippen LogP contribution in [0.15, 0.2) is 24.3 Å². The van der Waals surface area contributed by atoms with Gasteiger partial charge in [0.05, 0.1) is 29.4 Å². The van der Waals surface area contributed by atoms with Crippen LogP contribution < -0.4 is 4.84 Å². The Bertz CT molecular complexity index is 1140. The highest BCUT2D eigenvalue weighted by Crippen LogP contribution is 2.44. The van der Waals surface area contributed by atoms with Crippen LogP contribution in [0.3, 0.4) is 0 Å². The molecule has 3 rings (SSSR count). The van der Waals surface area contributed by atoms with E-state index in [9.17, 15) is 0 Å². The van der Waals surface area contributed by atoms with E-state index < -0.39 is 0 Å². The van der Waals surface area contributed by atoms with E-state index in [0.29, 0.717) is 30.1 Å². The van der Waals surface area contributed by atoms with Crippen LogP contribution in [0.2, 0.25) is 0 Å². The number of piperidine rings is 2. The molecule has 2 heterocycles. The van der Waals surface area contributed by atoms with Crippen LogP contribution >= 0.6 is 0 Å². The number of hydroxylamine groups is 4. The lowest BCUT2D eigenvalue weighted by Gasteiger charge is -2.56. The molecule has 1 aromatic carbocycles. The van der Waals surface area contributed by atoms with Crippen molar-refractivity contribution in [1.29, 1.82) is 0 Å². The summed E-state index contributed by atoms with van der Waals surface area (Å²) in [5, 5.41) is 4.67. The van der Waals surface area contributed by atoms with Gasteiger partial charge in [-0.1, -0.05) is 113 Å². The van der Waals surface area contributed by atoms with Gasteiger partial charge in [-0.05, 0) is 121 Å². The predicted molar refractivity (Wildman–Crippen MR) is 220 cm³/mol. The van der Waals surface area contributed by atoms with E-state index >= 15 is 0 Å². The Morgan fingerprint density at radius 1 is 0.731 bits per heavy atom. The molecular weight excluding hydrogens is 645 g/mol. The zero-order valence-corrected chi connectivity index (χ0v) is 36.6. The van der Waals surface area contributed by atoms with Crippen LogP contribution in [-0.4, -0.2) is 64.3 Å². The Labute approximate surface area is 322 Å². The third-order valence-corrected chi connectivity index (χ3v) is 12.3. The third kappa shape index (κ3) is 13.0. The summed E-state index contributed by atoms with van der Waals surface area (Å²) in [6.45, 7) is 34.0. The maximum Gasteiger partial charge on any atom is 0.147 e. The van der Waals surface area contributed by atoms with E-state index in [1.165, 1.54) is 44.1 Å². The fraction of sp³-hybridized carbons (Fsp3) is 0.870. The van der Waals surface area contributed by atoms with E-state index in [2.05, 4.69) is 131 Å². The molecule has 2 saturated heterocycles. The highest BCUT2D eigenvalue weighted by Gasteiger charge is 2.52. The van der Waals surface area contributed by atoms with Gasteiger partial charge < -0.3 is 14.3 Å². The largest absolute Gasteiger partial charge is 0.405 e. The first-order chi connectivity index (χ1) is 24.3. The van der Waals surface area contributed by atoms with E-state index in [-0.39, 0.29) is 28.1 Å². The van der Waals surface area contributed by atoms with Crippen molar-refractivity contribution in [2.75, 3.05) is 13.2 Å². The fourth-order valence-electron chi connectivity index (χ4n) is 8.65. The summed E-state index contributed by atoms with van der Waals surface area (Å²) in [5.41, 5.74) is 1.17. The molecule has 0 bridgehead atoms. The van der Waals surface area contributed by atoms with E-state index in [1.54, 1.807) is 0 Å². The lowest BCUT2D eigenvalue weighted by atomic mass is 9.73. The SMILES string of the molecule is CCCCC(CC)ON1C(C(C)C)CC(OCCCCCCCCOC2CC(C)(C)N(Oc3ccc(C(C)(C)C)cc3)C(C)(C(C)C)C2)CC1(C)C. The van der Waals surface area contributed by atoms with Crippen molar-refractivity contribution < 1.29 is 19.1 Å².